The molecule has 0 radical (unpaired) electrons. The van der Waals surface area contributed by atoms with E-state index in [4.69, 9.17) is 0 Å². The van der Waals surface area contributed by atoms with Gasteiger partial charge in [0.1, 0.15) is 18.0 Å². The fourth-order valence-electron chi connectivity index (χ4n) is 3.72. The molecule has 1 fully saturated rings. The minimum atomic E-state index is 0.0516. The summed E-state index contributed by atoms with van der Waals surface area (Å²) in [4.78, 5) is 25.0. The number of fused-ring (bicyclic) bond motifs is 1. The summed E-state index contributed by atoms with van der Waals surface area (Å²) in [5.74, 6) is 1.47. The van der Waals surface area contributed by atoms with Crippen molar-refractivity contribution in [1.82, 2.24) is 14.9 Å². The molecular weight excluding hydrogens is 330 g/mol. The number of aliphatic hydroxyl groups is 1. The van der Waals surface area contributed by atoms with Crippen LogP contribution in [0.1, 0.15) is 24.0 Å². The average molecular weight is 353 g/mol. The second-order valence-electron chi connectivity index (χ2n) is 6.81. The number of aliphatic hydroxyl groups excluding tert-OH is 1. The first-order valence-corrected chi connectivity index (χ1v) is 9.02. The van der Waals surface area contributed by atoms with Gasteiger partial charge in [-0.05, 0) is 24.0 Å². The normalized spacial score (nSPS) is 18.9. The van der Waals surface area contributed by atoms with Gasteiger partial charge in [-0.25, -0.2) is 9.97 Å². The zero-order valence-electron chi connectivity index (χ0n) is 14.6. The number of amides is 1. The van der Waals surface area contributed by atoms with E-state index in [1.807, 2.05) is 23.1 Å². The number of anilines is 2. The SMILES string of the molecule is O=C(CNc1cc(N2CCCC2CO)ncn1)N1Cc2ccccc2C1. The topological polar surface area (TPSA) is 81.6 Å². The third-order valence-electron chi connectivity index (χ3n) is 5.15. The quantitative estimate of drug-likeness (QED) is 0.845. The standard InChI is InChI=1S/C19H23N5O2/c25-12-16-6-3-7-24(16)18-8-17(21-13-22-18)20-9-19(26)23-10-14-4-1-2-5-15(14)11-23/h1-2,4-5,8,13,16,25H,3,6-7,9-12H2,(H,20,21,22). The molecule has 136 valence electrons. The van der Waals surface area contributed by atoms with E-state index in [1.165, 1.54) is 17.5 Å². The van der Waals surface area contributed by atoms with E-state index in [-0.39, 0.29) is 25.1 Å². The highest BCUT2D eigenvalue weighted by molar-refractivity contribution is 5.81. The summed E-state index contributed by atoms with van der Waals surface area (Å²) in [6.45, 7) is 2.54. The third-order valence-corrected chi connectivity index (χ3v) is 5.15. The Morgan fingerprint density at radius 1 is 1.23 bits per heavy atom. The van der Waals surface area contributed by atoms with E-state index in [0.717, 1.165) is 25.2 Å². The van der Waals surface area contributed by atoms with Gasteiger partial charge in [0.15, 0.2) is 0 Å². The minimum absolute atomic E-state index is 0.0516. The zero-order valence-corrected chi connectivity index (χ0v) is 14.6. The minimum Gasteiger partial charge on any atom is -0.394 e. The second-order valence-corrected chi connectivity index (χ2v) is 6.81. The number of carbonyl (C=O) groups excluding carboxylic acids is 1. The fraction of sp³-hybridized carbons (Fsp3) is 0.421. The van der Waals surface area contributed by atoms with Crippen LogP contribution in [0.15, 0.2) is 36.7 Å². The number of hydrogen-bond acceptors (Lipinski definition) is 6. The van der Waals surface area contributed by atoms with Gasteiger partial charge in [-0.15, -0.1) is 0 Å². The van der Waals surface area contributed by atoms with E-state index in [9.17, 15) is 9.90 Å². The number of nitrogens with zero attached hydrogens (tertiary/aromatic N) is 4. The van der Waals surface area contributed by atoms with Crippen LogP contribution in [0.2, 0.25) is 0 Å². The summed E-state index contributed by atoms with van der Waals surface area (Å²) in [5.41, 5.74) is 2.43. The van der Waals surface area contributed by atoms with Crippen LogP contribution < -0.4 is 10.2 Å². The average Bonchev–Trinajstić information content (AvgIpc) is 3.32. The molecule has 1 atom stereocenters. The van der Waals surface area contributed by atoms with Crippen LogP contribution in [0.5, 0.6) is 0 Å². The van der Waals surface area contributed by atoms with Crippen molar-refractivity contribution in [2.45, 2.75) is 32.0 Å². The molecule has 1 amide bonds. The lowest BCUT2D eigenvalue weighted by Gasteiger charge is -2.24. The molecule has 2 aromatic rings. The highest BCUT2D eigenvalue weighted by atomic mass is 16.3. The largest absolute Gasteiger partial charge is 0.394 e. The van der Waals surface area contributed by atoms with Gasteiger partial charge in [-0.3, -0.25) is 4.79 Å². The molecule has 4 rings (SSSR count). The van der Waals surface area contributed by atoms with Gasteiger partial charge >= 0.3 is 0 Å². The van der Waals surface area contributed by atoms with Crippen LogP contribution >= 0.6 is 0 Å². The lowest BCUT2D eigenvalue weighted by molar-refractivity contribution is -0.129. The summed E-state index contributed by atoms with van der Waals surface area (Å²) < 4.78 is 0. The van der Waals surface area contributed by atoms with Crippen LogP contribution in [-0.4, -0.2) is 51.6 Å². The molecule has 26 heavy (non-hydrogen) atoms. The first-order chi connectivity index (χ1) is 12.7. The molecule has 3 heterocycles. The van der Waals surface area contributed by atoms with E-state index in [1.54, 1.807) is 0 Å². The molecule has 1 unspecified atom stereocenters. The highest BCUT2D eigenvalue weighted by Gasteiger charge is 2.25. The zero-order chi connectivity index (χ0) is 17.9. The molecule has 0 aliphatic carbocycles. The number of nitrogens with one attached hydrogen (secondary N) is 1. The fourth-order valence-corrected chi connectivity index (χ4v) is 3.72. The van der Waals surface area contributed by atoms with Gasteiger partial charge in [0, 0.05) is 25.7 Å². The molecule has 2 N–H and O–H groups in total. The van der Waals surface area contributed by atoms with E-state index in [2.05, 4.69) is 32.3 Å². The number of benzene rings is 1. The molecule has 1 aromatic heterocycles. The van der Waals surface area contributed by atoms with Crippen molar-refractivity contribution in [2.24, 2.45) is 0 Å². The van der Waals surface area contributed by atoms with Crippen molar-refractivity contribution < 1.29 is 9.90 Å². The van der Waals surface area contributed by atoms with Crippen LogP contribution in [0.4, 0.5) is 11.6 Å². The van der Waals surface area contributed by atoms with Gasteiger partial charge in [0.25, 0.3) is 0 Å². The number of carbonyl (C=O) groups is 1. The summed E-state index contributed by atoms with van der Waals surface area (Å²) in [7, 11) is 0. The maximum atomic E-state index is 12.5. The van der Waals surface area contributed by atoms with Crippen LogP contribution in [-0.2, 0) is 17.9 Å². The van der Waals surface area contributed by atoms with Crippen LogP contribution in [0.3, 0.4) is 0 Å². The van der Waals surface area contributed by atoms with Gasteiger partial charge < -0.3 is 20.2 Å². The van der Waals surface area contributed by atoms with Gasteiger partial charge in [-0.1, -0.05) is 24.3 Å². The molecule has 1 saturated heterocycles. The summed E-state index contributed by atoms with van der Waals surface area (Å²) in [6.07, 6.45) is 3.52. The first-order valence-electron chi connectivity index (χ1n) is 9.02. The van der Waals surface area contributed by atoms with Crippen molar-refractivity contribution >= 4 is 17.5 Å². The maximum Gasteiger partial charge on any atom is 0.242 e. The number of hydrogen-bond donors (Lipinski definition) is 2. The Morgan fingerprint density at radius 3 is 2.73 bits per heavy atom. The van der Waals surface area contributed by atoms with E-state index in [0.29, 0.717) is 18.9 Å². The Balaban J connectivity index is 1.36. The lowest BCUT2D eigenvalue weighted by Crippen LogP contribution is -2.33. The Morgan fingerprint density at radius 2 is 2.00 bits per heavy atom. The first kappa shape index (κ1) is 16.8. The molecule has 0 bridgehead atoms. The van der Waals surface area contributed by atoms with Crippen LogP contribution in [0, 0.1) is 0 Å². The molecule has 0 spiro atoms. The van der Waals surface area contributed by atoms with Gasteiger partial charge in [-0.2, -0.15) is 0 Å². The van der Waals surface area contributed by atoms with Gasteiger partial charge in [0.2, 0.25) is 5.91 Å². The number of rotatable bonds is 5. The van der Waals surface area contributed by atoms with E-state index < -0.39 is 0 Å². The lowest BCUT2D eigenvalue weighted by atomic mass is 10.1. The molecule has 7 heteroatoms. The number of aromatic nitrogens is 2. The highest BCUT2D eigenvalue weighted by Crippen LogP contribution is 2.25. The predicted molar refractivity (Wildman–Crippen MR) is 98.7 cm³/mol. The van der Waals surface area contributed by atoms with Crippen molar-refractivity contribution in [2.75, 3.05) is 29.9 Å². The molecular formula is C19H23N5O2. The molecule has 7 nitrogen and oxygen atoms in total. The monoisotopic (exact) mass is 353 g/mol. The second kappa shape index (κ2) is 7.29. The van der Waals surface area contributed by atoms with Crippen molar-refractivity contribution in [3.05, 3.63) is 47.8 Å². The third kappa shape index (κ3) is 3.35. The molecule has 0 saturated carbocycles. The molecule has 2 aliphatic rings. The van der Waals surface area contributed by atoms with Crippen LogP contribution in [0.25, 0.3) is 0 Å². The maximum absolute atomic E-state index is 12.5. The summed E-state index contributed by atoms with van der Waals surface area (Å²) in [5, 5.41) is 12.6. The molecule has 2 aliphatic heterocycles. The summed E-state index contributed by atoms with van der Waals surface area (Å²) in [6, 6.07) is 10.1. The van der Waals surface area contributed by atoms with E-state index >= 15 is 0 Å². The smallest absolute Gasteiger partial charge is 0.242 e. The Hall–Kier alpha value is -2.67. The predicted octanol–water partition coefficient (Wildman–Crippen LogP) is 1.39. The Kier molecular flexibility index (Phi) is 4.71. The van der Waals surface area contributed by atoms with Crippen molar-refractivity contribution in [3.8, 4) is 0 Å². The van der Waals surface area contributed by atoms with Crippen molar-refractivity contribution in [1.29, 1.82) is 0 Å². The Bertz CT molecular complexity index is 772. The summed E-state index contributed by atoms with van der Waals surface area (Å²) >= 11 is 0. The van der Waals surface area contributed by atoms with Crippen molar-refractivity contribution in [3.63, 3.8) is 0 Å². The Labute approximate surface area is 152 Å². The van der Waals surface area contributed by atoms with Gasteiger partial charge in [0.05, 0.1) is 19.2 Å². The molecule has 1 aromatic carbocycles.